The van der Waals surface area contributed by atoms with Crippen molar-refractivity contribution in [3.8, 4) is 0 Å². The van der Waals surface area contributed by atoms with Gasteiger partial charge in [0.25, 0.3) is 0 Å². The molecule has 2 heterocycles. The Kier molecular flexibility index (Phi) is 5.22. The predicted molar refractivity (Wildman–Crippen MR) is 77.8 cm³/mol. The molecule has 0 spiro atoms. The molecule has 0 aromatic carbocycles. The van der Waals surface area contributed by atoms with Crippen LogP contribution in [-0.4, -0.2) is 54.0 Å². The molecule has 19 heavy (non-hydrogen) atoms. The van der Waals surface area contributed by atoms with E-state index in [1.807, 2.05) is 4.90 Å². The summed E-state index contributed by atoms with van der Waals surface area (Å²) in [6, 6.07) is 0.552. The molecule has 2 atom stereocenters. The second-order valence-corrected chi connectivity index (χ2v) is 6.46. The quantitative estimate of drug-likeness (QED) is 0.842. The summed E-state index contributed by atoms with van der Waals surface area (Å²) >= 11 is 0. The smallest absolute Gasteiger partial charge is 0.236 e. The highest BCUT2D eigenvalue weighted by Gasteiger charge is 2.29. The lowest BCUT2D eigenvalue weighted by atomic mass is 9.96. The Labute approximate surface area is 117 Å². The first-order valence-corrected chi connectivity index (χ1v) is 7.85. The molecular formula is C15H29N3O. The van der Waals surface area contributed by atoms with Crippen LogP contribution in [0.4, 0.5) is 0 Å². The van der Waals surface area contributed by atoms with Crippen LogP contribution < -0.4 is 5.73 Å². The number of piperidine rings is 2. The van der Waals surface area contributed by atoms with Crippen LogP contribution in [0, 0.1) is 5.92 Å². The summed E-state index contributed by atoms with van der Waals surface area (Å²) in [7, 11) is 0. The van der Waals surface area contributed by atoms with E-state index in [1.165, 1.54) is 12.8 Å². The first kappa shape index (κ1) is 14.8. The molecule has 2 fully saturated rings. The van der Waals surface area contributed by atoms with Gasteiger partial charge in [-0.25, -0.2) is 0 Å². The third-order valence-corrected chi connectivity index (χ3v) is 4.75. The molecule has 0 aromatic heterocycles. The molecule has 0 aromatic rings. The fraction of sp³-hybridized carbons (Fsp3) is 0.933. The second kappa shape index (κ2) is 6.71. The number of carbonyl (C=O) groups is 1. The minimum atomic E-state index is 0.162. The van der Waals surface area contributed by atoms with Gasteiger partial charge in [0.1, 0.15) is 0 Å². The number of amides is 1. The standard InChI is InChI=1S/C15H29N3O/c1-12-6-9-17(10-7-12)15(19)11-18-8-4-3-5-14(18)13(2)16/h12-14H,3-11,16H2,1-2H3. The molecule has 2 rings (SSSR count). The molecule has 0 bridgehead atoms. The highest BCUT2D eigenvalue weighted by Crippen LogP contribution is 2.20. The summed E-state index contributed by atoms with van der Waals surface area (Å²) in [5.41, 5.74) is 6.06. The van der Waals surface area contributed by atoms with Crippen molar-refractivity contribution in [1.82, 2.24) is 9.80 Å². The lowest BCUT2D eigenvalue weighted by molar-refractivity contribution is -0.134. The van der Waals surface area contributed by atoms with E-state index in [4.69, 9.17) is 5.73 Å². The Morgan fingerprint density at radius 2 is 1.89 bits per heavy atom. The number of nitrogens with two attached hydrogens (primary N) is 1. The van der Waals surface area contributed by atoms with E-state index in [2.05, 4.69) is 18.7 Å². The topological polar surface area (TPSA) is 49.6 Å². The van der Waals surface area contributed by atoms with E-state index in [0.717, 1.165) is 44.8 Å². The molecule has 0 saturated carbocycles. The minimum Gasteiger partial charge on any atom is -0.342 e. The Hall–Kier alpha value is -0.610. The average molecular weight is 267 g/mol. The van der Waals surface area contributed by atoms with E-state index in [9.17, 15) is 4.79 Å². The average Bonchev–Trinajstić information content (AvgIpc) is 2.39. The summed E-state index contributed by atoms with van der Waals surface area (Å²) in [6.07, 6.45) is 5.90. The van der Waals surface area contributed by atoms with E-state index < -0.39 is 0 Å². The van der Waals surface area contributed by atoms with Gasteiger partial charge < -0.3 is 10.6 Å². The van der Waals surface area contributed by atoms with Crippen molar-refractivity contribution in [2.75, 3.05) is 26.2 Å². The Morgan fingerprint density at radius 3 is 2.53 bits per heavy atom. The normalized spacial score (nSPS) is 28.4. The van der Waals surface area contributed by atoms with Gasteiger partial charge in [-0.1, -0.05) is 13.3 Å². The molecule has 2 saturated heterocycles. The zero-order chi connectivity index (χ0) is 13.8. The first-order chi connectivity index (χ1) is 9.08. The van der Waals surface area contributed by atoms with Gasteiger partial charge in [0.15, 0.2) is 0 Å². The molecule has 0 radical (unpaired) electrons. The Bertz CT molecular complexity index is 298. The first-order valence-electron chi connectivity index (χ1n) is 7.85. The molecule has 2 aliphatic heterocycles. The highest BCUT2D eigenvalue weighted by atomic mass is 16.2. The monoisotopic (exact) mass is 267 g/mol. The maximum absolute atomic E-state index is 12.4. The van der Waals surface area contributed by atoms with Gasteiger partial charge in [0.2, 0.25) is 5.91 Å². The molecule has 4 heteroatoms. The van der Waals surface area contributed by atoms with Crippen molar-refractivity contribution >= 4 is 5.91 Å². The fourth-order valence-electron chi connectivity index (χ4n) is 3.34. The number of hydrogen-bond acceptors (Lipinski definition) is 3. The molecule has 2 N–H and O–H groups in total. The van der Waals surface area contributed by atoms with Crippen LogP contribution in [0.5, 0.6) is 0 Å². The van der Waals surface area contributed by atoms with Crippen LogP contribution in [-0.2, 0) is 4.79 Å². The third kappa shape index (κ3) is 3.93. The summed E-state index contributed by atoms with van der Waals surface area (Å²) in [4.78, 5) is 16.7. The van der Waals surface area contributed by atoms with Gasteiger partial charge in [-0.05, 0) is 45.1 Å². The lowest BCUT2D eigenvalue weighted by Gasteiger charge is -2.39. The van der Waals surface area contributed by atoms with Crippen molar-refractivity contribution in [2.24, 2.45) is 11.7 Å². The van der Waals surface area contributed by atoms with E-state index in [0.29, 0.717) is 18.5 Å². The molecule has 4 nitrogen and oxygen atoms in total. The van der Waals surface area contributed by atoms with Crippen LogP contribution >= 0.6 is 0 Å². The minimum absolute atomic E-state index is 0.162. The van der Waals surface area contributed by atoms with Gasteiger partial charge >= 0.3 is 0 Å². The number of nitrogens with zero attached hydrogens (tertiary/aromatic N) is 2. The van der Waals surface area contributed by atoms with Crippen molar-refractivity contribution < 1.29 is 4.79 Å². The highest BCUT2D eigenvalue weighted by molar-refractivity contribution is 5.78. The lowest BCUT2D eigenvalue weighted by Crippen LogP contribution is -2.53. The van der Waals surface area contributed by atoms with Crippen LogP contribution in [0.25, 0.3) is 0 Å². The molecule has 0 aliphatic carbocycles. The number of likely N-dealkylation sites (tertiary alicyclic amines) is 2. The third-order valence-electron chi connectivity index (χ3n) is 4.75. The number of hydrogen-bond donors (Lipinski definition) is 1. The van der Waals surface area contributed by atoms with Crippen LogP contribution in [0.15, 0.2) is 0 Å². The number of carbonyl (C=O) groups excluding carboxylic acids is 1. The SMILES string of the molecule is CC1CCN(C(=O)CN2CCCCC2C(C)N)CC1. The van der Waals surface area contributed by atoms with Gasteiger partial charge in [-0.3, -0.25) is 9.69 Å². The fourth-order valence-corrected chi connectivity index (χ4v) is 3.34. The summed E-state index contributed by atoms with van der Waals surface area (Å²) in [5, 5.41) is 0. The maximum Gasteiger partial charge on any atom is 0.236 e. The molecule has 2 unspecified atom stereocenters. The molecule has 1 amide bonds. The van der Waals surface area contributed by atoms with Gasteiger partial charge in [0, 0.05) is 25.2 Å². The van der Waals surface area contributed by atoms with Crippen LogP contribution in [0.3, 0.4) is 0 Å². The summed E-state index contributed by atoms with van der Waals surface area (Å²) in [6.45, 7) is 7.82. The number of rotatable bonds is 3. The van der Waals surface area contributed by atoms with E-state index in [-0.39, 0.29) is 6.04 Å². The molecular weight excluding hydrogens is 238 g/mol. The summed E-state index contributed by atoms with van der Waals surface area (Å²) in [5.74, 6) is 1.08. The second-order valence-electron chi connectivity index (χ2n) is 6.46. The Morgan fingerprint density at radius 1 is 1.21 bits per heavy atom. The van der Waals surface area contributed by atoms with Crippen LogP contribution in [0.2, 0.25) is 0 Å². The van der Waals surface area contributed by atoms with Crippen molar-refractivity contribution in [3.05, 3.63) is 0 Å². The van der Waals surface area contributed by atoms with E-state index >= 15 is 0 Å². The van der Waals surface area contributed by atoms with Crippen molar-refractivity contribution in [2.45, 2.75) is 58.0 Å². The predicted octanol–water partition coefficient (Wildman–Crippen LogP) is 1.45. The Balaban J connectivity index is 1.86. The molecule has 110 valence electrons. The van der Waals surface area contributed by atoms with Gasteiger partial charge in [0.05, 0.1) is 6.54 Å². The van der Waals surface area contributed by atoms with Crippen LogP contribution in [0.1, 0.15) is 46.0 Å². The van der Waals surface area contributed by atoms with Gasteiger partial charge in [-0.15, -0.1) is 0 Å². The van der Waals surface area contributed by atoms with E-state index in [1.54, 1.807) is 0 Å². The van der Waals surface area contributed by atoms with Gasteiger partial charge in [-0.2, -0.15) is 0 Å². The zero-order valence-electron chi connectivity index (χ0n) is 12.5. The zero-order valence-corrected chi connectivity index (χ0v) is 12.5. The van der Waals surface area contributed by atoms with Crippen molar-refractivity contribution in [3.63, 3.8) is 0 Å². The van der Waals surface area contributed by atoms with Crippen molar-refractivity contribution in [1.29, 1.82) is 0 Å². The summed E-state index contributed by atoms with van der Waals surface area (Å²) < 4.78 is 0. The largest absolute Gasteiger partial charge is 0.342 e. The molecule has 2 aliphatic rings. The maximum atomic E-state index is 12.4.